The van der Waals surface area contributed by atoms with Gasteiger partial charge in [-0.2, -0.15) is 0 Å². The summed E-state index contributed by atoms with van der Waals surface area (Å²) in [4.78, 5) is 41.8. The number of carbonyl (C=O) groups is 3. The Morgan fingerprint density at radius 3 is 2.45 bits per heavy atom. The van der Waals surface area contributed by atoms with Crippen LogP contribution in [0.3, 0.4) is 0 Å². The van der Waals surface area contributed by atoms with Gasteiger partial charge in [-0.15, -0.1) is 0 Å². The Balaban J connectivity index is 1.45. The predicted octanol–water partition coefficient (Wildman–Crippen LogP) is 4.51. The Morgan fingerprint density at radius 2 is 1.76 bits per heavy atom. The summed E-state index contributed by atoms with van der Waals surface area (Å²) < 4.78 is 0.953. The average Bonchev–Trinajstić information content (AvgIpc) is 3.10. The standard InChI is InChI=1S/C26H26BrN3O3/c1-17(25(32)28-2)30(16-18-11-13-20(27)14-12-18)23(31)10-5-15-29-22-9-4-7-19-6-3-8-21(24(19)22)26(29)33/h3-4,6-9,11-14,17H,5,10,15-16H2,1-2H3,(H,28,32)/t17-/m1/s1. The van der Waals surface area contributed by atoms with Crippen LogP contribution < -0.4 is 10.2 Å². The Morgan fingerprint density at radius 1 is 1.06 bits per heavy atom. The molecule has 0 saturated heterocycles. The second kappa shape index (κ2) is 9.75. The maximum atomic E-state index is 13.2. The third-order valence-corrected chi connectivity index (χ3v) is 6.63. The normalized spacial score (nSPS) is 13.3. The molecular formula is C26H26BrN3O3. The summed E-state index contributed by atoms with van der Waals surface area (Å²) in [5, 5.41) is 4.64. The highest BCUT2D eigenvalue weighted by molar-refractivity contribution is 9.10. The van der Waals surface area contributed by atoms with Crippen LogP contribution in [0, 0.1) is 0 Å². The molecule has 3 aromatic rings. The molecule has 1 aliphatic heterocycles. The van der Waals surface area contributed by atoms with Crippen LogP contribution in [0.5, 0.6) is 0 Å². The quantitative estimate of drug-likeness (QED) is 0.487. The zero-order valence-electron chi connectivity index (χ0n) is 18.7. The van der Waals surface area contributed by atoms with Gasteiger partial charge in [-0.1, -0.05) is 52.3 Å². The summed E-state index contributed by atoms with van der Waals surface area (Å²) in [6.45, 7) is 2.52. The molecule has 170 valence electrons. The molecule has 1 aliphatic rings. The molecule has 1 heterocycles. The summed E-state index contributed by atoms with van der Waals surface area (Å²) in [7, 11) is 1.57. The molecule has 7 heteroatoms. The summed E-state index contributed by atoms with van der Waals surface area (Å²) >= 11 is 3.42. The Bertz CT molecular complexity index is 1200. The Kier molecular flexibility index (Phi) is 6.79. The van der Waals surface area contributed by atoms with Crippen LogP contribution in [-0.2, 0) is 16.1 Å². The van der Waals surface area contributed by atoms with Crippen molar-refractivity contribution >= 4 is 50.1 Å². The van der Waals surface area contributed by atoms with Crippen molar-refractivity contribution in [3.63, 3.8) is 0 Å². The van der Waals surface area contributed by atoms with Gasteiger partial charge >= 0.3 is 0 Å². The van der Waals surface area contributed by atoms with E-state index in [0.29, 0.717) is 25.1 Å². The molecule has 0 saturated carbocycles. The average molecular weight is 508 g/mol. The van der Waals surface area contributed by atoms with Gasteiger partial charge < -0.3 is 15.1 Å². The molecule has 3 aromatic carbocycles. The van der Waals surface area contributed by atoms with E-state index in [1.54, 1.807) is 23.8 Å². The minimum absolute atomic E-state index is 0.0281. The second-order valence-electron chi connectivity index (χ2n) is 8.18. The van der Waals surface area contributed by atoms with Crippen molar-refractivity contribution < 1.29 is 14.4 Å². The SMILES string of the molecule is CNC(=O)[C@@H](C)N(Cc1ccc(Br)cc1)C(=O)CCCN1C(=O)c2cccc3cccc1c23. The zero-order valence-corrected chi connectivity index (χ0v) is 20.3. The monoisotopic (exact) mass is 507 g/mol. The van der Waals surface area contributed by atoms with Crippen molar-refractivity contribution in [2.75, 3.05) is 18.5 Å². The molecule has 0 bridgehead atoms. The highest BCUT2D eigenvalue weighted by Gasteiger charge is 2.30. The molecule has 0 unspecified atom stereocenters. The molecular weight excluding hydrogens is 482 g/mol. The molecule has 3 amide bonds. The fraction of sp³-hybridized carbons (Fsp3) is 0.269. The van der Waals surface area contributed by atoms with E-state index >= 15 is 0 Å². The van der Waals surface area contributed by atoms with E-state index in [2.05, 4.69) is 21.2 Å². The number of anilines is 1. The molecule has 33 heavy (non-hydrogen) atoms. The predicted molar refractivity (Wildman–Crippen MR) is 133 cm³/mol. The Labute approximate surface area is 201 Å². The number of halogens is 1. The third kappa shape index (κ3) is 4.64. The van der Waals surface area contributed by atoms with E-state index in [1.165, 1.54) is 0 Å². The number of nitrogens with one attached hydrogen (secondary N) is 1. The fourth-order valence-corrected chi connectivity index (χ4v) is 4.58. The number of hydrogen-bond donors (Lipinski definition) is 1. The summed E-state index contributed by atoms with van der Waals surface area (Å²) in [6, 6.07) is 18.7. The lowest BCUT2D eigenvalue weighted by Gasteiger charge is -2.29. The van der Waals surface area contributed by atoms with Gasteiger partial charge in [0.05, 0.1) is 5.69 Å². The van der Waals surface area contributed by atoms with Crippen molar-refractivity contribution in [1.29, 1.82) is 0 Å². The minimum atomic E-state index is -0.599. The molecule has 6 nitrogen and oxygen atoms in total. The first-order chi connectivity index (χ1) is 15.9. The maximum absolute atomic E-state index is 13.2. The largest absolute Gasteiger partial charge is 0.357 e. The van der Waals surface area contributed by atoms with E-state index in [9.17, 15) is 14.4 Å². The van der Waals surface area contributed by atoms with Crippen molar-refractivity contribution in [3.05, 3.63) is 76.3 Å². The molecule has 0 aliphatic carbocycles. The topological polar surface area (TPSA) is 69.7 Å². The van der Waals surface area contributed by atoms with Gasteiger partial charge in [0.1, 0.15) is 6.04 Å². The van der Waals surface area contributed by atoms with Gasteiger partial charge in [-0.25, -0.2) is 0 Å². The fourth-order valence-electron chi connectivity index (χ4n) is 4.31. The van der Waals surface area contributed by atoms with Crippen LogP contribution in [-0.4, -0.2) is 42.3 Å². The van der Waals surface area contributed by atoms with Crippen molar-refractivity contribution in [3.8, 4) is 0 Å². The zero-order chi connectivity index (χ0) is 23.5. The molecule has 1 atom stereocenters. The van der Waals surface area contributed by atoms with Crippen molar-refractivity contribution in [1.82, 2.24) is 10.2 Å². The summed E-state index contributed by atoms with van der Waals surface area (Å²) in [5.74, 6) is -0.353. The number of likely N-dealkylation sites (N-methyl/N-ethyl adjacent to an activating group) is 1. The first kappa shape index (κ1) is 23.0. The smallest absolute Gasteiger partial charge is 0.258 e. The van der Waals surface area contributed by atoms with E-state index in [-0.39, 0.29) is 24.1 Å². The van der Waals surface area contributed by atoms with E-state index in [4.69, 9.17) is 0 Å². The lowest BCUT2D eigenvalue weighted by Crippen LogP contribution is -2.46. The van der Waals surface area contributed by atoms with Crippen LogP contribution in [0.2, 0.25) is 0 Å². The molecule has 0 spiro atoms. The van der Waals surface area contributed by atoms with Gasteiger partial charge in [-0.3, -0.25) is 14.4 Å². The third-order valence-electron chi connectivity index (χ3n) is 6.10. The first-order valence-corrected chi connectivity index (χ1v) is 11.8. The number of carbonyl (C=O) groups excluding carboxylic acids is 3. The van der Waals surface area contributed by atoms with Gasteiger partial charge in [0.2, 0.25) is 11.8 Å². The van der Waals surface area contributed by atoms with E-state index < -0.39 is 6.04 Å². The molecule has 0 radical (unpaired) electrons. The number of hydrogen-bond acceptors (Lipinski definition) is 3. The van der Waals surface area contributed by atoms with Crippen LogP contribution in [0.15, 0.2) is 65.1 Å². The number of rotatable bonds is 8. The molecule has 4 rings (SSSR count). The Hall–Kier alpha value is -3.19. The molecule has 0 aromatic heterocycles. The van der Waals surface area contributed by atoms with Crippen LogP contribution in [0.1, 0.15) is 35.7 Å². The minimum Gasteiger partial charge on any atom is -0.357 e. The van der Waals surface area contributed by atoms with E-state index in [1.807, 2.05) is 60.7 Å². The lowest BCUT2D eigenvalue weighted by atomic mass is 10.1. The lowest BCUT2D eigenvalue weighted by molar-refractivity contribution is -0.140. The number of amides is 3. The van der Waals surface area contributed by atoms with Crippen LogP contribution >= 0.6 is 15.9 Å². The van der Waals surface area contributed by atoms with Gasteiger partial charge in [-0.05, 0) is 48.6 Å². The van der Waals surface area contributed by atoms with Gasteiger partial charge in [0, 0.05) is 42.0 Å². The van der Waals surface area contributed by atoms with E-state index in [0.717, 1.165) is 26.5 Å². The van der Waals surface area contributed by atoms with Crippen LogP contribution in [0.25, 0.3) is 10.8 Å². The van der Waals surface area contributed by atoms with Crippen molar-refractivity contribution in [2.24, 2.45) is 0 Å². The summed E-state index contributed by atoms with van der Waals surface area (Å²) in [5.41, 5.74) is 2.55. The van der Waals surface area contributed by atoms with Gasteiger partial charge in [0.25, 0.3) is 5.91 Å². The van der Waals surface area contributed by atoms with Gasteiger partial charge in [0.15, 0.2) is 0 Å². The highest BCUT2D eigenvalue weighted by Crippen LogP contribution is 2.37. The van der Waals surface area contributed by atoms with Crippen molar-refractivity contribution in [2.45, 2.75) is 32.4 Å². The number of benzene rings is 3. The first-order valence-electron chi connectivity index (χ1n) is 11.0. The number of nitrogens with zero attached hydrogens (tertiary/aromatic N) is 2. The molecule has 0 fully saturated rings. The summed E-state index contributed by atoms with van der Waals surface area (Å²) in [6.07, 6.45) is 0.750. The second-order valence-corrected chi connectivity index (χ2v) is 9.10. The van der Waals surface area contributed by atoms with Crippen LogP contribution in [0.4, 0.5) is 5.69 Å². The highest BCUT2D eigenvalue weighted by atomic mass is 79.9. The molecule has 1 N–H and O–H groups in total. The maximum Gasteiger partial charge on any atom is 0.258 e.